The summed E-state index contributed by atoms with van der Waals surface area (Å²) in [4.78, 5) is 14.4. The number of hydrogen-bond acceptors (Lipinski definition) is 4. The molecule has 0 aromatic heterocycles. The van der Waals surface area contributed by atoms with Gasteiger partial charge in [-0.3, -0.25) is 4.79 Å². The number of amides is 1. The molecule has 2 atom stereocenters. The third-order valence-corrected chi connectivity index (χ3v) is 4.82. The molecular formula is C15H24ClN3O3S. The highest BCUT2D eigenvalue weighted by molar-refractivity contribution is 7.88. The van der Waals surface area contributed by atoms with Crippen LogP contribution >= 0.6 is 12.4 Å². The minimum Gasteiger partial charge on any atom is -0.334 e. The van der Waals surface area contributed by atoms with Crippen LogP contribution in [0.1, 0.15) is 35.7 Å². The molecule has 8 heteroatoms. The van der Waals surface area contributed by atoms with Crippen molar-refractivity contribution in [3.05, 3.63) is 35.4 Å². The summed E-state index contributed by atoms with van der Waals surface area (Å²) in [6.45, 7) is 3.34. The van der Waals surface area contributed by atoms with Gasteiger partial charge in [0, 0.05) is 24.7 Å². The summed E-state index contributed by atoms with van der Waals surface area (Å²) in [6, 6.07) is 6.62. The molecule has 23 heavy (non-hydrogen) atoms. The molecule has 4 N–H and O–H groups in total. The average molecular weight is 362 g/mol. The van der Waals surface area contributed by atoms with Gasteiger partial charge < -0.3 is 10.6 Å². The summed E-state index contributed by atoms with van der Waals surface area (Å²) >= 11 is 0. The van der Waals surface area contributed by atoms with E-state index in [-0.39, 0.29) is 30.1 Å². The van der Waals surface area contributed by atoms with E-state index in [1.807, 2.05) is 4.90 Å². The molecule has 6 nitrogen and oxygen atoms in total. The van der Waals surface area contributed by atoms with Crippen LogP contribution in [0.4, 0.5) is 0 Å². The molecule has 1 aliphatic rings. The smallest absolute Gasteiger partial charge is 0.254 e. The Bertz CT molecular complexity index is 634. The summed E-state index contributed by atoms with van der Waals surface area (Å²) in [5, 5.41) is 5.01. The molecule has 0 bridgehead atoms. The number of hydrogen-bond donors (Lipinski definition) is 2. The molecule has 1 amide bonds. The Kier molecular flexibility index (Phi) is 7.01. The van der Waals surface area contributed by atoms with Gasteiger partial charge in [-0.2, -0.15) is 0 Å². The normalized spacial score (nSPS) is 21.6. The number of likely N-dealkylation sites (tertiary alicyclic amines) is 1. The Hall–Kier alpha value is -1.15. The van der Waals surface area contributed by atoms with Crippen molar-refractivity contribution in [1.82, 2.24) is 4.90 Å². The number of carbonyl (C=O) groups excluding carboxylic acids is 1. The fourth-order valence-electron chi connectivity index (χ4n) is 2.88. The van der Waals surface area contributed by atoms with Gasteiger partial charge in [-0.15, -0.1) is 12.4 Å². The topological polar surface area (TPSA) is 106 Å². The van der Waals surface area contributed by atoms with Crippen molar-refractivity contribution in [2.45, 2.75) is 31.6 Å². The van der Waals surface area contributed by atoms with Crippen LogP contribution in [-0.2, 0) is 15.8 Å². The zero-order valence-electron chi connectivity index (χ0n) is 13.1. The van der Waals surface area contributed by atoms with Gasteiger partial charge >= 0.3 is 0 Å². The second-order valence-electron chi connectivity index (χ2n) is 6.02. The number of halogens is 1. The summed E-state index contributed by atoms with van der Waals surface area (Å²) in [7, 11) is -3.56. The van der Waals surface area contributed by atoms with Gasteiger partial charge in [0.1, 0.15) is 0 Å². The molecule has 130 valence electrons. The monoisotopic (exact) mass is 361 g/mol. The van der Waals surface area contributed by atoms with E-state index in [9.17, 15) is 13.2 Å². The molecule has 1 fully saturated rings. The Labute approximate surface area is 143 Å². The highest BCUT2D eigenvalue weighted by Crippen LogP contribution is 2.23. The standard InChI is InChI=1S/C15H23N3O3S.ClH/c1-11-6-7-18(14(8-11)9-16)15(19)13-4-2-12(3-5-13)10-22(17,20)21;/h2-5,11,14H,6-10,16H2,1H3,(H2,17,20,21);1H. The Morgan fingerprint density at radius 3 is 2.43 bits per heavy atom. The van der Waals surface area contributed by atoms with E-state index in [4.69, 9.17) is 10.9 Å². The van der Waals surface area contributed by atoms with Gasteiger partial charge in [-0.05, 0) is 36.5 Å². The molecule has 0 saturated carbocycles. The Balaban J connectivity index is 0.00000264. The largest absolute Gasteiger partial charge is 0.334 e. The molecule has 2 unspecified atom stereocenters. The summed E-state index contributed by atoms with van der Waals surface area (Å²) < 4.78 is 22.1. The van der Waals surface area contributed by atoms with Crippen LogP contribution in [0.25, 0.3) is 0 Å². The number of nitrogens with zero attached hydrogens (tertiary/aromatic N) is 1. The second kappa shape index (κ2) is 8.10. The molecular weight excluding hydrogens is 338 g/mol. The van der Waals surface area contributed by atoms with Crippen LogP contribution in [0.3, 0.4) is 0 Å². The van der Waals surface area contributed by atoms with E-state index >= 15 is 0 Å². The zero-order valence-corrected chi connectivity index (χ0v) is 14.8. The third kappa shape index (κ3) is 5.46. The first-order chi connectivity index (χ1) is 10.3. The van der Waals surface area contributed by atoms with Crippen molar-refractivity contribution in [3.63, 3.8) is 0 Å². The molecule has 1 aromatic rings. The minimum absolute atomic E-state index is 0. The number of piperidine rings is 1. The predicted molar refractivity (Wildman–Crippen MR) is 92.8 cm³/mol. The van der Waals surface area contributed by atoms with Crippen LogP contribution in [0.5, 0.6) is 0 Å². The number of carbonyl (C=O) groups is 1. The van der Waals surface area contributed by atoms with Gasteiger partial charge in [0.05, 0.1) is 5.75 Å². The average Bonchev–Trinajstić information content (AvgIpc) is 2.45. The lowest BCUT2D eigenvalue weighted by molar-refractivity contribution is 0.0573. The maximum Gasteiger partial charge on any atom is 0.254 e. The molecule has 1 aliphatic heterocycles. The SMILES string of the molecule is CC1CCN(C(=O)c2ccc(CS(N)(=O)=O)cc2)C(CN)C1.Cl. The van der Waals surface area contributed by atoms with Gasteiger partial charge in [0.25, 0.3) is 5.91 Å². The van der Waals surface area contributed by atoms with Crippen molar-refractivity contribution in [1.29, 1.82) is 0 Å². The van der Waals surface area contributed by atoms with Gasteiger partial charge in [0.2, 0.25) is 10.0 Å². The molecule has 0 radical (unpaired) electrons. The first-order valence-corrected chi connectivity index (χ1v) is 9.12. The van der Waals surface area contributed by atoms with Crippen LogP contribution in [-0.4, -0.2) is 38.4 Å². The third-order valence-electron chi connectivity index (χ3n) is 4.08. The van der Waals surface area contributed by atoms with Crippen molar-refractivity contribution >= 4 is 28.3 Å². The van der Waals surface area contributed by atoms with Crippen molar-refractivity contribution < 1.29 is 13.2 Å². The summed E-state index contributed by atoms with van der Waals surface area (Å²) in [5.41, 5.74) is 6.91. The first kappa shape index (κ1) is 19.9. The van der Waals surface area contributed by atoms with E-state index < -0.39 is 10.0 Å². The molecule has 1 heterocycles. The van der Waals surface area contributed by atoms with Crippen LogP contribution in [0.15, 0.2) is 24.3 Å². The lowest BCUT2D eigenvalue weighted by Gasteiger charge is -2.38. The minimum atomic E-state index is -3.56. The molecule has 0 spiro atoms. The first-order valence-electron chi connectivity index (χ1n) is 7.40. The lowest BCUT2D eigenvalue weighted by Crippen LogP contribution is -2.49. The fourth-order valence-corrected chi connectivity index (χ4v) is 3.54. The maximum absolute atomic E-state index is 12.6. The van der Waals surface area contributed by atoms with Gasteiger partial charge in [-0.1, -0.05) is 19.1 Å². The van der Waals surface area contributed by atoms with Crippen molar-refractivity contribution in [2.75, 3.05) is 13.1 Å². The Morgan fingerprint density at radius 1 is 1.30 bits per heavy atom. The molecule has 0 aliphatic carbocycles. The fraction of sp³-hybridized carbons (Fsp3) is 0.533. The van der Waals surface area contributed by atoms with E-state index in [2.05, 4.69) is 6.92 Å². The number of benzene rings is 1. The van der Waals surface area contributed by atoms with E-state index in [1.54, 1.807) is 24.3 Å². The van der Waals surface area contributed by atoms with E-state index in [0.29, 0.717) is 30.1 Å². The number of nitrogens with two attached hydrogens (primary N) is 2. The molecule has 2 rings (SSSR count). The van der Waals surface area contributed by atoms with Crippen LogP contribution in [0.2, 0.25) is 0 Å². The maximum atomic E-state index is 12.6. The highest BCUT2D eigenvalue weighted by Gasteiger charge is 2.29. The quantitative estimate of drug-likeness (QED) is 0.837. The predicted octanol–water partition coefficient (Wildman–Crippen LogP) is 1.10. The highest BCUT2D eigenvalue weighted by atomic mass is 35.5. The van der Waals surface area contributed by atoms with Crippen LogP contribution < -0.4 is 10.9 Å². The number of sulfonamides is 1. The zero-order chi connectivity index (χ0) is 16.3. The number of primary sulfonamides is 1. The van der Waals surface area contributed by atoms with E-state index in [0.717, 1.165) is 12.8 Å². The van der Waals surface area contributed by atoms with Crippen molar-refractivity contribution in [3.8, 4) is 0 Å². The van der Waals surface area contributed by atoms with Gasteiger partial charge in [0.15, 0.2) is 0 Å². The van der Waals surface area contributed by atoms with Gasteiger partial charge in [-0.25, -0.2) is 13.6 Å². The summed E-state index contributed by atoms with van der Waals surface area (Å²) in [5.74, 6) is 0.299. The Morgan fingerprint density at radius 2 is 1.91 bits per heavy atom. The van der Waals surface area contributed by atoms with E-state index in [1.165, 1.54) is 0 Å². The molecule has 1 saturated heterocycles. The number of rotatable bonds is 4. The molecule has 1 aromatic carbocycles. The van der Waals surface area contributed by atoms with Crippen molar-refractivity contribution in [2.24, 2.45) is 16.8 Å². The second-order valence-corrected chi connectivity index (χ2v) is 7.64. The summed E-state index contributed by atoms with van der Waals surface area (Å²) in [6.07, 6.45) is 1.90. The van der Waals surface area contributed by atoms with Crippen LogP contribution in [0, 0.1) is 5.92 Å². The lowest BCUT2D eigenvalue weighted by atomic mass is 9.92.